The summed E-state index contributed by atoms with van der Waals surface area (Å²) in [5.41, 5.74) is 7.75. The van der Waals surface area contributed by atoms with Crippen molar-refractivity contribution in [2.45, 2.75) is 96.2 Å². The van der Waals surface area contributed by atoms with Crippen molar-refractivity contribution in [3.8, 4) is 0 Å². The first kappa shape index (κ1) is 32.8. The number of aliphatic imine (C=N–C) groups is 1. The van der Waals surface area contributed by atoms with Crippen LogP contribution < -0.4 is 16.0 Å². The van der Waals surface area contributed by atoms with E-state index >= 15 is 0 Å². The highest BCUT2D eigenvalue weighted by molar-refractivity contribution is 7.89. The number of hydrogen-bond acceptors (Lipinski definition) is 5. The monoisotopic (exact) mass is 601 g/mol. The van der Waals surface area contributed by atoms with E-state index in [2.05, 4.69) is 10.3 Å². The number of halogens is 3. The number of carbonyl (C=O) groups excluding carboxylic acids is 2. The molecule has 1 fully saturated rings. The summed E-state index contributed by atoms with van der Waals surface area (Å²) >= 11 is 0. The molecule has 1 aromatic rings. The van der Waals surface area contributed by atoms with Crippen LogP contribution in [0, 0.1) is 13.8 Å². The number of unbranched alkanes of at least 4 members (excludes halogenated alkanes) is 5. The molecule has 2 aliphatic heterocycles. The molecule has 1 spiro atoms. The molecule has 0 radical (unpaired) electrons. The summed E-state index contributed by atoms with van der Waals surface area (Å²) in [7, 11) is -1.98. The van der Waals surface area contributed by atoms with Crippen LogP contribution in [0.1, 0.15) is 80.9 Å². The number of primary amides is 1. The fourth-order valence-electron chi connectivity index (χ4n) is 5.55. The Balaban J connectivity index is 1.47. The molecule has 0 unspecified atom stereocenters. The SMILES string of the molecule is Cc1cc(N(C)C(N)=O)cc(C)c1CCS(=O)(=O)N1CCC2(CC1)N=C(CCCCCCCCC(F)(F)F)NC2=O. The molecule has 0 saturated carbocycles. The van der Waals surface area contributed by atoms with Gasteiger partial charge in [0.1, 0.15) is 11.4 Å². The topological polar surface area (TPSA) is 125 Å². The van der Waals surface area contributed by atoms with E-state index < -0.39 is 34.2 Å². The highest BCUT2D eigenvalue weighted by atomic mass is 32.2. The Morgan fingerprint density at radius 3 is 2.17 bits per heavy atom. The van der Waals surface area contributed by atoms with Crippen molar-refractivity contribution in [1.29, 1.82) is 0 Å². The molecule has 3 amide bonds. The minimum absolute atomic E-state index is 0.0659. The van der Waals surface area contributed by atoms with Gasteiger partial charge in [-0.25, -0.2) is 17.5 Å². The molecule has 41 heavy (non-hydrogen) atoms. The van der Waals surface area contributed by atoms with Crippen LogP contribution in [0.4, 0.5) is 23.7 Å². The van der Waals surface area contributed by atoms with E-state index in [9.17, 15) is 31.2 Å². The van der Waals surface area contributed by atoms with Gasteiger partial charge in [-0.1, -0.05) is 25.7 Å². The van der Waals surface area contributed by atoms with E-state index in [0.29, 0.717) is 43.6 Å². The number of sulfonamides is 1. The summed E-state index contributed by atoms with van der Waals surface area (Å²) in [4.78, 5) is 30.3. The molecule has 0 aromatic heterocycles. The van der Waals surface area contributed by atoms with Crippen LogP contribution >= 0.6 is 0 Å². The molecule has 9 nitrogen and oxygen atoms in total. The summed E-state index contributed by atoms with van der Waals surface area (Å²) in [6.45, 7) is 4.19. The Labute approximate surface area is 240 Å². The lowest BCUT2D eigenvalue weighted by atomic mass is 9.89. The number of nitrogens with two attached hydrogens (primary N) is 1. The third-order valence-electron chi connectivity index (χ3n) is 8.10. The highest BCUT2D eigenvalue weighted by Gasteiger charge is 2.47. The van der Waals surface area contributed by atoms with Gasteiger partial charge in [-0.05, 0) is 74.8 Å². The number of benzene rings is 1. The maximum atomic E-state index is 13.2. The van der Waals surface area contributed by atoms with Crippen LogP contribution in [0.3, 0.4) is 0 Å². The van der Waals surface area contributed by atoms with Gasteiger partial charge in [-0.2, -0.15) is 13.2 Å². The first-order chi connectivity index (χ1) is 19.1. The number of nitrogens with one attached hydrogen (secondary N) is 1. The zero-order valence-corrected chi connectivity index (χ0v) is 25.0. The number of urea groups is 1. The third-order valence-corrected chi connectivity index (χ3v) is 9.98. The number of carbonyl (C=O) groups is 2. The van der Waals surface area contributed by atoms with Gasteiger partial charge in [0.05, 0.1) is 5.75 Å². The zero-order chi connectivity index (χ0) is 30.4. The lowest BCUT2D eigenvalue weighted by Crippen LogP contribution is -2.50. The van der Waals surface area contributed by atoms with E-state index in [1.54, 1.807) is 7.05 Å². The molecule has 0 atom stereocenters. The van der Waals surface area contributed by atoms with Crippen LogP contribution in [0.5, 0.6) is 0 Å². The molecule has 3 rings (SSSR count). The zero-order valence-electron chi connectivity index (χ0n) is 24.1. The largest absolute Gasteiger partial charge is 0.389 e. The van der Waals surface area contributed by atoms with Crippen molar-refractivity contribution >= 4 is 33.5 Å². The number of anilines is 1. The molecule has 2 aliphatic rings. The van der Waals surface area contributed by atoms with E-state index in [1.165, 1.54) is 9.21 Å². The Morgan fingerprint density at radius 2 is 1.61 bits per heavy atom. The Morgan fingerprint density at radius 1 is 1.05 bits per heavy atom. The first-order valence-corrected chi connectivity index (χ1v) is 15.8. The second kappa shape index (κ2) is 13.5. The van der Waals surface area contributed by atoms with Crippen molar-refractivity contribution in [2.24, 2.45) is 10.7 Å². The fourth-order valence-corrected chi connectivity index (χ4v) is 7.01. The van der Waals surface area contributed by atoms with Gasteiger partial charge >= 0.3 is 12.2 Å². The van der Waals surface area contributed by atoms with Crippen molar-refractivity contribution < 1.29 is 31.2 Å². The molecule has 1 aromatic carbocycles. The number of alkyl halides is 3. The minimum Gasteiger partial charge on any atom is -0.351 e. The van der Waals surface area contributed by atoms with Crippen molar-refractivity contribution in [3.05, 3.63) is 28.8 Å². The van der Waals surface area contributed by atoms with E-state index in [4.69, 9.17) is 5.73 Å². The maximum Gasteiger partial charge on any atom is 0.389 e. The van der Waals surface area contributed by atoms with Gasteiger partial charge < -0.3 is 11.1 Å². The Bertz CT molecular complexity index is 1220. The Kier molecular flexibility index (Phi) is 10.8. The normalized spacial score (nSPS) is 17.5. The second-order valence-electron chi connectivity index (χ2n) is 11.2. The first-order valence-electron chi connectivity index (χ1n) is 14.2. The molecule has 3 N–H and O–H groups in total. The van der Waals surface area contributed by atoms with E-state index in [0.717, 1.165) is 42.4 Å². The van der Waals surface area contributed by atoms with Gasteiger partial charge in [-0.3, -0.25) is 14.7 Å². The van der Waals surface area contributed by atoms with Crippen LogP contribution in [0.25, 0.3) is 0 Å². The molecule has 0 bridgehead atoms. The number of nitrogens with zero attached hydrogens (tertiary/aromatic N) is 3. The smallest absolute Gasteiger partial charge is 0.351 e. The van der Waals surface area contributed by atoms with Gasteiger partial charge in [0.15, 0.2) is 0 Å². The predicted molar refractivity (Wildman–Crippen MR) is 153 cm³/mol. The van der Waals surface area contributed by atoms with Crippen molar-refractivity contribution in [1.82, 2.24) is 9.62 Å². The number of hydrogen-bond donors (Lipinski definition) is 2. The summed E-state index contributed by atoms with van der Waals surface area (Å²) in [6.07, 6.45) is 0.651. The minimum atomic E-state index is -4.09. The van der Waals surface area contributed by atoms with Gasteiger partial charge in [0.25, 0.3) is 5.91 Å². The summed E-state index contributed by atoms with van der Waals surface area (Å²) in [5, 5.41) is 2.86. The summed E-state index contributed by atoms with van der Waals surface area (Å²) in [6, 6.07) is 3.06. The number of rotatable bonds is 13. The third kappa shape index (κ3) is 8.91. The van der Waals surface area contributed by atoms with Gasteiger partial charge in [0, 0.05) is 38.7 Å². The highest BCUT2D eigenvalue weighted by Crippen LogP contribution is 2.32. The van der Waals surface area contributed by atoms with Gasteiger partial charge in [-0.15, -0.1) is 0 Å². The van der Waals surface area contributed by atoms with Crippen LogP contribution in [-0.2, 0) is 21.2 Å². The predicted octanol–water partition coefficient (Wildman–Crippen LogP) is 4.74. The number of piperidine rings is 1. The standard InChI is InChI=1S/C28H42F3N5O4S/c1-20-18-22(35(3)26(32)38)19-21(2)23(20)11-17-41(39,40)36-15-13-27(14-16-36)25(37)33-24(34-27)10-8-6-4-5-7-9-12-28(29,30)31/h18-19H,4-17H2,1-3H3,(H2,32,38)(H,33,34,37). The molecule has 13 heteroatoms. The number of aryl methyl sites for hydroxylation is 2. The van der Waals surface area contributed by atoms with Crippen LogP contribution in [-0.4, -0.2) is 68.1 Å². The molecule has 1 saturated heterocycles. The van der Waals surface area contributed by atoms with Crippen LogP contribution in [0.15, 0.2) is 17.1 Å². The molecule has 0 aliphatic carbocycles. The average molecular weight is 602 g/mol. The number of amides is 3. The maximum absolute atomic E-state index is 13.2. The van der Waals surface area contributed by atoms with Crippen LogP contribution in [0.2, 0.25) is 0 Å². The quantitative estimate of drug-likeness (QED) is 0.317. The molecule has 230 valence electrons. The summed E-state index contributed by atoms with van der Waals surface area (Å²) < 4.78 is 64.4. The fraction of sp³-hybridized carbons (Fsp3) is 0.679. The van der Waals surface area contributed by atoms with Crippen molar-refractivity contribution in [2.75, 3.05) is 30.8 Å². The molecule has 2 heterocycles. The van der Waals surface area contributed by atoms with Gasteiger partial charge in [0.2, 0.25) is 10.0 Å². The molecular formula is C28H42F3N5O4S. The van der Waals surface area contributed by atoms with E-state index in [-0.39, 0.29) is 31.2 Å². The number of amidine groups is 1. The molecular weight excluding hydrogens is 559 g/mol. The Hall–Kier alpha value is -2.67. The average Bonchev–Trinajstić information content (AvgIpc) is 3.18. The lowest BCUT2D eigenvalue weighted by molar-refractivity contribution is -0.135. The van der Waals surface area contributed by atoms with E-state index in [1.807, 2.05) is 26.0 Å². The van der Waals surface area contributed by atoms with Crippen molar-refractivity contribution in [3.63, 3.8) is 0 Å². The summed E-state index contributed by atoms with van der Waals surface area (Å²) in [5.74, 6) is 0.354. The second-order valence-corrected chi connectivity index (χ2v) is 13.3. The lowest BCUT2D eigenvalue weighted by Gasteiger charge is -2.34.